The Morgan fingerprint density at radius 3 is 2.58 bits per heavy atom. The first-order valence-corrected chi connectivity index (χ1v) is 5.85. The highest BCUT2D eigenvalue weighted by molar-refractivity contribution is 5.57. The van der Waals surface area contributed by atoms with Gasteiger partial charge in [0.25, 0.3) is 0 Å². The van der Waals surface area contributed by atoms with Crippen molar-refractivity contribution in [2.45, 2.75) is 6.92 Å². The Bertz CT molecular complexity index is 703. The summed E-state index contributed by atoms with van der Waals surface area (Å²) in [5.41, 5.74) is 2.42. The molecule has 0 saturated carbocycles. The smallest absolute Gasteiger partial charge is 0.155 e. The van der Waals surface area contributed by atoms with Gasteiger partial charge in [0.2, 0.25) is 0 Å². The van der Waals surface area contributed by atoms with Crippen LogP contribution in [0.15, 0.2) is 48.7 Å². The van der Waals surface area contributed by atoms with Crippen LogP contribution in [0.4, 0.5) is 4.39 Å². The number of hydrogen-bond donors (Lipinski definition) is 0. The molecule has 0 N–H and O–H groups in total. The van der Waals surface area contributed by atoms with Crippen LogP contribution in [0.1, 0.15) is 5.69 Å². The maximum atomic E-state index is 12.9. The molecular formula is C14H11FN4. The van der Waals surface area contributed by atoms with Gasteiger partial charge in [-0.05, 0) is 43.3 Å². The van der Waals surface area contributed by atoms with Crippen molar-refractivity contribution in [3.05, 3.63) is 60.2 Å². The van der Waals surface area contributed by atoms with Crippen molar-refractivity contribution in [1.29, 1.82) is 0 Å². The molecule has 3 rings (SSSR count). The molecule has 5 heteroatoms. The van der Waals surface area contributed by atoms with Gasteiger partial charge in [-0.1, -0.05) is 11.3 Å². The van der Waals surface area contributed by atoms with Gasteiger partial charge in [0.1, 0.15) is 11.5 Å². The van der Waals surface area contributed by atoms with Crippen molar-refractivity contribution in [2.24, 2.45) is 0 Å². The molecule has 4 nitrogen and oxygen atoms in total. The first-order valence-electron chi connectivity index (χ1n) is 5.85. The number of aryl methyl sites for hydroxylation is 1. The number of hydrogen-bond acceptors (Lipinski definition) is 3. The molecule has 94 valence electrons. The molecule has 0 spiro atoms. The number of benzene rings is 1. The number of rotatable bonds is 2. The number of nitrogens with zero attached hydrogens (tertiary/aromatic N) is 4. The summed E-state index contributed by atoms with van der Waals surface area (Å²) >= 11 is 0. The lowest BCUT2D eigenvalue weighted by atomic mass is 10.2. The largest absolute Gasteiger partial charge is 0.234 e. The van der Waals surface area contributed by atoms with E-state index in [-0.39, 0.29) is 5.82 Å². The van der Waals surface area contributed by atoms with Gasteiger partial charge >= 0.3 is 0 Å². The van der Waals surface area contributed by atoms with Crippen LogP contribution in [-0.4, -0.2) is 20.0 Å². The SMILES string of the molecule is Cc1cccc(-n2cc(-c3ccc(F)cc3)nn2)n1. The standard InChI is InChI=1S/C14H11FN4/c1-10-3-2-4-14(16-10)19-9-13(17-18-19)11-5-7-12(15)8-6-11/h2-9H,1H3. The van der Waals surface area contributed by atoms with E-state index >= 15 is 0 Å². The minimum absolute atomic E-state index is 0.267. The average Bonchev–Trinajstić information content (AvgIpc) is 2.89. The molecule has 0 saturated heterocycles. The summed E-state index contributed by atoms with van der Waals surface area (Å²) in [7, 11) is 0. The molecule has 0 radical (unpaired) electrons. The van der Waals surface area contributed by atoms with Crippen LogP contribution < -0.4 is 0 Å². The average molecular weight is 254 g/mol. The topological polar surface area (TPSA) is 43.6 Å². The molecule has 0 aliphatic heterocycles. The normalized spacial score (nSPS) is 10.6. The lowest BCUT2D eigenvalue weighted by Crippen LogP contribution is -1.98. The van der Waals surface area contributed by atoms with E-state index in [9.17, 15) is 4.39 Å². The fraction of sp³-hybridized carbons (Fsp3) is 0.0714. The Balaban J connectivity index is 1.97. The molecule has 2 aromatic heterocycles. The van der Waals surface area contributed by atoms with Crippen LogP contribution in [0.3, 0.4) is 0 Å². The summed E-state index contributed by atoms with van der Waals surface area (Å²) in [5.74, 6) is 0.442. The first kappa shape index (κ1) is 11.5. The highest BCUT2D eigenvalue weighted by Crippen LogP contribution is 2.17. The van der Waals surface area contributed by atoms with E-state index in [0.717, 1.165) is 11.3 Å². The van der Waals surface area contributed by atoms with E-state index in [4.69, 9.17) is 0 Å². The van der Waals surface area contributed by atoms with Gasteiger partial charge in [0, 0.05) is 11.3 Å². The summed E-state index contributed by atoms with van der Waals surface area (Å²) < 4.78 is 14.5. The van der Waals surface area contributed by atoms with E-state index in [0.29, 0.717) is 11.5 Å². The van der Waals surface area contributed by atoms with Crippen molar-refractivity contribution in [2.75, 3.05) is 0 Å². The highest BCUT2D eigenvalue weighted by atomic mass is 19.1. The maximum Gasteiger partial charge on any atom is 0.155 e. The summed E-state index contributed by atoms with van der Waals surface area (Å²) in [5, 5.41) is 8.11. The third-order valence-electron chi connectivity index (χ3n) is 2.74. The minimum atomic E-state index is -0.267. The third-order valence-corrected chi connectivity index (χ3v) is 2.74. The van der Waals surface area contributed by atoms with Gasteiger partial charge in [-0.25, -0.2) is 14.1 Å². The van der Waals surface area contributed by atoms with Gasteiger partial charge in [0.15, 0.2) is 5.82 Å². The zero-order valence-corrected chi connectivity index (χ0v) is 10.3. The summed E-state index contributed by atoms with van der Waals surface area (Å²) in [6.07, 6.45) is 1.77. The van der Waals surface area contributed by atoms with E-state index < -0.39 is 0 Å². The highest BCUT2D eigenvalue weighted by Gasteiger charge is 2.06. The van der Waals surface area contributed by atoms with E-state index in [1.54, 1.807) is 23.0 Å². The second kappa shape index (κ2) is 4.61. The third kappa shape index (κ3) is 2.35. The van der Waals surface area contributed by atoms with Crippen LogP contribution in [-0.2, 0) is 0 Å². The van der Waals surface area contributed by atoms with Crippen molar-refractivity contribution in [1.82, 2.24) is 20.0 Å². The van der Waals surface area contributed by atoms with Crippen molar-refractivity contribution < 1.29 is 4.39 Å². The molecule has 19 heavy (non-hydrogen) atoms. The van der Waals surface area contributed by atoms with Gasteiger partial charge in [0.05, 0.1) is 6.20 Å². The second-order valence-corrected chi connectivity index (χ2v) is 4.19. The number of halogens is 1. The molecular weight excluding hydrogens is 243 g/mol. The molecule has 0 bridgehead atoms. The summed E-state index contributed by atoms with van der Waals surface area (Å²) in [4.78, 5) is 4.37. The van der Waals surface area contributed by atoms with Crippen LogP contribution >= 0.6 is 0 Å². The Kier molecular flexibility index (Phi) is 2.79. The Morgan fingerprint density at radius 1 is 1.05 bits per heavy atom. The fourth-order valence-corrected chi connectivity index (χ4v) is 1.78. The van der Waals surface area contributed by atoms with Crippen LogP contribution in [0, 0.1) is 12.7 Å². The quantitative estimate of drug-likeness (QED) is 0.706. The number of aromatic nitrogens is 4. The molecule has 2 heterocycles. The Morgan fingerprint density at radius 2 is 1.84 bits per heavy atom. The predicted molar refractivity (Wildman–Crippen MR) is 69.3 cm³/mol. The minimum Gasteiger partial charge on any atom is -0.234 e. The molecule has 0 aliphatic rings. The maximum absolute atomic E-state index is 12.9. The zero-order valence-electron chi connectivity index (χ0n) is 10.3. The van der Waals surface area contributed by atoms with E-state index in [2.05, 4.69) is 15.3 Å². The van der Waals surface area contributed by atoms with Gasteiger partial charge in [-0.15, -0.1) is 5.10 Å². The molecule has 0 fully saturated rings. The van der Waals surface area contributed by atoms with Gasteiger partial charge in [-0.2, -0.15) is 0 Å². The van der Waals surface area contributed by atoms with Crippen LogP contribution in [0.5, 0.6) is 0 Å². The molecule has 0 aliphatic carbocycles. The van der Waals surface area contributed by atoms with E-state index in [1.165, 1.54) is 12.1 Å². The molecule has 0 unspecified atom stereocenters. The van der Waals surface area contributed by atoms with Crippen molar-refractivity contribution in [3.8, 4) is 17.1 Å². The van der Waals surface area contributed by atoms with Crippen LogP contribution in [0.25, 0.3) is 17.1 Å². The molecule has 0 amide bonds. The van der Waals surface area contributed by atoms with Gasteiger partial charge in [-0.3, -0.25) is 0 Å². The second-order valence-electron chi connectivity index (χ2n) is 4.19. The summed E-state index contributed by atoms with van der Waals surface area (Å²) in [6, 6.07) is 11.8. The Labute approximate surface area is 109 Å². The molecule has 0 atom stereocenters. The molecule has 3 aromatic rings. The lowest BCUT2D eigenvalue weighted by Gasteiger charge is -1.99. The zero-order chi connectivity index (χ0) is 13.2. The lowest BCUT2D eigenvalue weighted by molar-refractivity contribution is 0.628. The van der Waals surface area contributed by atoms with Gasteiger partial charge < -0.3 is 0 Å². The fourth-order valence-electron chi connectivity index (χ4n) is 1.78. The van der Waals surface area contributed by atoms with Crippen molar-refractivity contribution in [3.63, 3.8) is 0 Å². The summed E-state index contributed by atoms with van der Waals surface area (Å²) in [6.45, 7) is 1.92. The van der Waals surface area contributed by atoms with Crippen molar-refractivity contribution >= 4 is 0 Å². The van der Waals surface area contributed by atoms with E-state index in [1.807, 2.05) is 25.1 Å². The first-order chi connectivity index (χ1) is 9.22. The molecule has 1 aromatic carbocycles. The number of pyridine rings is 1. The predicted octanol–water partition coefficient (Wildman–Crippen LogP) is 2.78. The monoisotopic (exact) mass is 254 g/mol. The Hall–Kier alpha value is -2.56. The van der Waals surface area contributed by atoms with Crippen LogP contribution in [0.2, 0.25) is 0 Å².